The number of amides is 1. The second kappa shape index (κ2) is 11.3. The molecule has 2 aromatic carbocycles. The summed E-state index contributed by atoms with van der Waals surface area (Å²) in [5.41, 5.74) is -3.19. The number of ether oxygens (including phenoxy) is 1. The van der Waals surface area contributed by atoms with E-state index in [2.05, 4.69) is 6.58 Å². The molecule has 1 aliphatic rings. The zero-order chi connectivity index (χ0) is 31.1. The monoisotopic (exact) mass is 607 g/mol. The molecule has 5 nitrogen and oxygen atoms in total. The van der Waals surface area contributed by atoms with Crippen molar-refractivity contribution in [3.8, 4) is 0 Å². The summed E-state index contributed by atoms with van der Waals surface area (Å²) in [6.45, 7) is 13.2. The van der Waals surface area contributed by atoms with Crippen LogP contribution < -0.4 is 0 Å². The summed E-state index contributed by atoms with van der Waals surface area (Å²) in [6.07, 6.45) is -12.6. The van der Waals surface area contributed by atoms with Crippen LogP contribution in [-0.2, 0) is 21.5 Å². The van der Waals surface area contributed by atoms with Crippen molar-refractivity contribution in [2.75, 3.05) is 13.2 Å². The van der Waals surface area contributed by atoms with Crippen LogP contribution in [-0.4, -0.2) is 49.7 Å². The average molecular weight is 608 g/mol. The van der Waals surface area contributed by atoms with Crippen LogP contribution in [0.5, 0.6) is 0 Å². The number of nitrogens with zero attached hydrogens (tertiary/aromatic N) is 1. The van der Waals surface area contributed by atoms with Crippen molar-refractivity contribution in [1.82, 2.24) is 4.90 Å². The van der Waals surface area contributed by atoms with Crippen LogP contribution in [0.1, 0.15) is 48.9 Å². The summed E-state index contributed by atoms with van der Waals surface area (Å²) in [5, 5.41) is 9.78. The molecule has 0 aliphatic carbocycles. The fraction of sp³-hybridized carbons (Fsp3) is 0.464. The van der Waals surface area contributed by atoms with Crippen LogP contribution in [0, 0.1) is 5.82 Å². The van der Waals surface area contributed by atoms with E-state index < -0.39 is 73.1 Å². The highest BCUT2D eigenvalue weighted by molar-refractivity contribution is 6.74. The molecule has 1 heterocycles. The minimum absolute atomic E-state index is 0.00589. The minimum atomic E-state index is -5.08. The normalized spacial score (nSPS) is 20.3. The number of likely N-dealkylation sites (tertiary alicyclic amines) is 1. The number of rotatable bonds is 7. The summed E-state index contributed by atoms with van der Waals surface area (Å²) < 4.78 is 106. The quantitative estimate of drug-likeness (QED) is 0.195. The molecule has 3 rings (SSSR count). The zero-order valence-corrected chi connectivity index (χ0v) is 24.2. The Morgan fingerprint density at radius 3 is 1.95 bits per heavy atom. The van der Waals surface area contributed by atoms with E-state index in [1.807, 2.05) is 33.9 Å². The maximum Gasteiger partial charge on any atom is 0.416 e. The van der Waals surface area contributed by atoms with Gasteiger partial charge in [-0.2, -0.15) is 26.3 Å². The first-order valence-electron chi connectivity index (χ1n) is 12.7. The Morgan fingerprint density at radius 2 is 1.51 bits per heavy atom. The highest BCUT2D eigenvalue weighted by atomic mass is 28.4. The molecule has 3 atom stereocenters. The van der Waals surface area contributed by atoms with Crippen molar-refractivity contribution < 1.29 is 49.8 Å². The zero-order valence-electron chi connectivity index (χ0n) is 23.2. The molecule has 0 spiro atoms. The van der Waals surface area contributed by atoms with Gasteiger partial charge in [0, 0.05) is 11.5 Å². The van der Waals surface area contributed by atoms with Gasteiger partial charge < -0.3 is 14.3 Å². The Bertz CT molecular complexity index is 1240. The van der Waals surface area contributed by atoms with Crippen molar-refractivity contribution in [3.05, 3.63) is 77.1 Å². The van der Waals surface area contributed by atoms with Gasteiger partial charge in [-0.05, 0) is 54.0 Å². The average Bonchev–Trinajstić information content (AvgIpc) is 3.19. The fourth-order valence-corrected chi connectivity index (χ4v) is 5.43. The number of alkyl halides is 6. The molecule has 1 saturated heterocycles. The fourth-order valence-electron chi connectivity index (χ4n) is 4.41. The molecular weight excluding hydrogens is 575 g/mol. The maximum absolute atomic E-state index is 13.8. The van der Waals surface area contributed by atoms with Crippen molar-refractivity contribution in [2.45, 2.75) is 69.3 Å². The third kappa shape index (κ3) is 7.42. The van der Waals surface area contributed by atoms with Gasteiger partial charge in [0.15, 0.2) is 8.32 Å². The van der Waals surface area contributed by atoms with Gasteiger partial charge in [0.2, 0.25) is 0 Å². The lowest BCUT2D eigenvalue weighted by atomic mass is 9.90. The van der Waals surface area contributed by atoms with Crippen LogP contribution in [0.4, 0.5) is 35.5 Å². The summed E-state index contributed by atoms with van der Waals surface area (Å²) in [7, 11) is -2.38. The molecule has 1 N–H and O–H groups in total. The molecule has 1 aliphatic heterocycles. The van der Waals surface area contributed by atoms with E-state index >= 15 is 0 Å². The molecule has 0 aromatic heterocycles. The first-order valence-corrected chi connectivity index (χ1v) is 15.6. The summed E-state index contributed by atoms with van der Waals surface area (Å²) in [4.78, 5) is 13.3. The molecular formula is C28H32F7NO4Si. The molecule has 13 heteroatoms. The van der Waals surface area contributed by atoms with Crippen molar-refractivity contribution in [2.24, 2.45) is 0 Å². The Morgan fingerprint density at radius 1 is 1.00 bits per heavy atom. The third-order valence-electron chi connectivity index (χ3n) is 7.72. The minimum Gasteiger partial charge on any atom is -0.488 e. The third-order valence-corrected chi connectivity index (χ3v) is 12.2. The Hall–Kier alpha value is -3.06. The van der Waals surface area contributed by atoms with Crippen LogP contribution in [0.25, 0.3) is 5.76 Å². The number of carbonyl (C=O) groups is 1. The van der Waals surface area contributed by atoms with E-state index in [1.54, 1.807) is 0 Å². The van der Waals surface area contributed by atoms with Gasteiger partial charge in [-0.25, -0.2) is 9.18 Å². The molecule has 226 valence electrons. The van der Waals surface area contributed by atoms with Gasteiger partial charge in [-0.3, -0.25) is 4.90 Å². The van der Waals surface area contributed by atoms with Crippen LogP contribution in [0.2, 0.25) is 18.1 Å². The summed E-state index contributed by atoms with van der Waals surface area (Å²) in [6, 6.07) is 5.31. The van der Waals surface area contributed by atoms with E-state index in [0.29, 0.717) is 17.7 Å². The number of carboxylic acid groups (broad SMARTS) is 1. The maximum atomic E-state index is 13.8. The van der Waals surface area contributed by atoms with E-state index in [1.165, 1.54) is 24.3 Å². The number of hydrogen-bond acceptors (Lipinski definition) is 3. The van der Waals surface area contributed by atoms with Gasteiger partial charge in [-0.1, -0.05) is 39.5 Å². The topological polar surface area (TPSA) is 59.0 Å². The highest BCUT2D eigenvalue weighted by Crippen LogP contribution is 2.42. The first kappa shape index (κ1) is 32.5. The SMILES string of the molecule is C=C(O[C@H]1CN(C(=O)O)[C@@H](CO[Si](C)(C)C(C)(C)C)[C@@H]1c1ccc(F)cc1)c1cc(C(F)(F)F)cc(C(F)(F)F)c1. The number of halogens is 7. The van der Waals surface area contributed by atoms with Crippen molar-refractivity contribution >= 4 is 20.2 Å². The largest absolute Gasteiger partial charge is 0.488 e. The molecule has 1 amide bonds. The van der Waals surface area contributed by atoms with Crippen LogP contribution in [0.15, 0.2) is 49.0 Å². The standard InChI is InChI=1S/C28H32F7NO4Si/c1-16(18-11-19(27(30,31)32)13-20(12-18)28(33,34)35)40-23-14-36(25(37)38)22(15-39-41(5,6)26(2,3)4)24(23)17-7-9-21(29)10-8-17/h7-13,22-24H,1,14-15H2,2-6H3,(H,37,38)/t22-,23-,24-/m0/s1. The lowest BCUT2D eigenvalue weighted by Gasteiger charge is -2.38. The predicted molar refractivity (Wildman–Crippen MR) is 141 cm³/mol. The number of benzene rings is 2. The number of hydrogen-bond donors (Lipinski definition) is 1. The van der Waals surface area contributed by atoms with Gasteiger partial charge in [-0.15, -0.1) is 0 Å². The summed E-state index contributed by atoms with van der Waals surface area (Å²) in [5.74, 6) is -1.86. The molecule has 2 aromatic rings. The molecule has 0 radical (unpaired) electrons. The second-order valence-electron chi connectivity index (χ2n) is 11.5. The van der Waals surface area contributed by atoms with Crippen LogP contribution in [0.3, 0.4) is 0 Å². The predicted octanol–water partition coefficient (Wildman–Crippen LogP) is 8.39. The van der Waals surface area contributed by atoms with Crippen molar-refractivity contribution in [1.29, 1.82) is 0 Å². The lowest BCUT2D eigenvalue weighted by molar-refractivity contribution is -0.143. The molecule has 0 unspecified atom stereocenters. The van der Waals surface area contributed by atoms with E-state index in [4.69, 9.17) is 9.16 Å². The Balaban J connectivity index is 2.03. The highest BCUT2D eigenvalue weighted by Gasteiger charge is 2.48. The van der Waals surface area contributed by atoms with Gasteiger partial charge in [0.05, 0.1) is 30.3 Å². The molecule has 1 fully saturated rings. The molecule has 0 bridgehead atoms. The Kier molecular flexibility index (Phi) is 8.95. The molecule has 41 heavy (non-hydrogen) atoms. The van der Waals surface area contributed by atoms with E-state index in [9.17, 15) is 40.6 Å². The van der Waals surface area contributed by atoms with Gasteiger partial charge in [0.1, 0.15) is 17.7 Å². The van der Waals surface area contributed by atoms with Gasteiger partial charge in [0.25, 0.3) is 0 Å². The second-order valence-corrected chi connectivity index (χ2v) is 16.3. The summed E-state index contributed by atoms with van der Waals surface area (Å²) >= 11 is 0. The van der Waals surface area contributed by atoms with Crippen molar-refractivity contribution in [3.63, 3.8) is 0 Å². The van der Waals surface area contributed by atoms with E-state index in [-0.39, 0.29) is 24.3 Å². The van der Waals surface area contributed by atoms with E-state index in [0.717, 1.165) is 4.90 Å². The molecule has 0 saturated carbocycles. The lowest BCUT2D eigenvalue weighted by Crippen LogP contribution is -2.46. The van der Waals surface area contributed by atoms with Crippen LogP contribution >= 0.6 is 0 Å². The Labute approximate surface area is 234 Å². The first-order chi connectivity index (χ1) is 18.6. The van der Waals surface area contributed by atoms with Gasteiger partial charge >= 0.3 is 18.4 Å². The smallest absolute Gasteiger partial charge is 0.416 e.